The fourth-order valence-corrected chi connectivity index (χ4v) is 5.91. The van der Waals surface area contributed by atoms with Crippen LogP contribution >= 0.6 is 11.6 Å². The number of ether oxygens (including phenoxy) is 1. The zero-order chi connectivity index (χ0) is 28.7. The summed E-state index contributed by atoms with van der Waals surface area (Å²) >= 11 is 5.90. The predicted molar refractivity (Wildman–Crippen MR) is 156 cm³/mol. The lowest BCUT2D eigenvalue weighted by molar-refractivity contribution is -0.122. The molecule has 7 nitrogen and oxygen atoms in total. The van der Waals surface area contributed by atoms with E-state index in [1.165, 1.54) is 4.90 Å². The molecule has 2 fully saturated rings. The van der Waals surface area contributed by atoms with Crippen molar-refractivity contribution in [3.63, 3.8) is 0 Å². The Kier molecular flexibility index (Phi) is 7.14. The molecule has 0 spiro atoms. The van der Waals surface area contributed by atoms with Crippen LogP contribution in [0.1, 0.15) is 52.0 Å². The topological polar surface area (TPSA) is 93.6 Å². The number of carbonyl (C=O) groups excluding carboxylic acids is 4. The lowest BCUT2D eigenvalue weighted by Gasteiger charge is -2.19. The third-order valence-corrected chi connectivity index (χ3v) is 8.20. The van der Waals surface area contributed by atoms with Gasteiger partial charge >= 0.3 is 5.97 Å². The van der Waals surface area contributed by atoms with Crippen LogP contribution in [0.5, 0.6) is 0 Å². The van der Waals surface area contributed by atoms with Gasteiger partial charge in [0.25, 0.3) is 0 Å². The first kappa shape index (κ1) is 26.8. The van der Waals surface area contributed by atoms with Gasteiger partial charge in [-0.3, -0.25) is 19.3 Å². The second-order valence-corrected chi connectivity index (χ2v) is 11.1. The van der Waals surface area contributed by atoms with E-state index in [0.29, 0.717) is 38.4 Å². The Bertz CT molecular complexity index is 1670. The van der Waals surface area contributed by atoms with E-state index in [9.17, 15) is 19.2 Å². The molecule has 1 aromatic heterocycles. The number of hydrogen-bond acceptors (Lipinski definition) is 6. The number of anilines is 1. The Morgan fingerprint density at radius 2 is 1.56 bits per heavy atom. The molecule has 2 aliphatic rings. The number of pyridine rings is 1. The highest BCUT2D eigenvalue weighted by molar-refractivity contribution is 6.30. The first-order valence-electron chi connectivity index (χ1n) is 13.7. The van der Waals surface area contributed by atoms with Gasteiger partial charge in [-0.25, -0.2) is 9.78 Å². The van der Waals surface area contributed by atoms with Crippen LogP contribution in [0, 0.1) is 18.8 Å². The van der Waals surface area contributed by atoms with Crippen LogP contribution in [0.25, 0.3) is 22.2 Å². The Hall–Kier alpha value is -4.36. The number of amides is 2. The Balaban J connectivity index is 1.28. The van der Waals surface area contributed by atoms with Crippen LogP contribution < -0.4 is 4.90 Å². The number of halogens is 1. The molecule has 1 aliphatic carbocycles. The van der Waals surface area contributed by atoms with Crippen molar-refractivity contribution in [3.8, 4) is 11.3 Å². The quantitative estimate of drug-likeness (QED) is 0.149. The Labute approximate surface area is 242 Å². The molecular weight excluding hydrogens is 540 g/mol. The SMILES string of the molecule is Cc1ccc2nc(-c3ccc(N4C(=O)[C@H]5CCCC[C@@H]5C4=O)cc3)cc(C(=O)OCC(=O)c3ccc(Cl)cc3)c2c1. The summed E-state index contributed by atoms with van der Waals surface area (Å²) in [5, 5.41) is 1.12. The Morgan fingerprint density at radius 1 is 0.902 bits per heavy atom. The van der Waals surface area contributed by atoms with Crippen LogP contribution in [0.3, 0.4) is 0 Å². The van der Waals surface area contributed by atoms with Gasteiger partial charge in [0.05, 0.1) is 34.3 Å². The van der Waals surface area contributed by atoms with Crippen molar-refractivity contribution in [1.82, 2.24) is 4.98 Å². The molecule has 0 unspecified atom stereocenters. The molecule has 1 aliphatic heterocycles. The molecule has 6 rings (SSSR count). The second-order valence-electron chi connectivity index (χ2n) is 10.6. The number of aromatic nitrogens is 1. The van der Waals surface area contributed by atoms with Gasteiger partial charge in [0.2, 0.25) is 11.8 Å². The summed E-state index contributed by atoms with van der Waals surface area (Å²) in [7, 11) is 0. The third-order valence-electron chi connectivity index (χ3n) is 7.95. The van der Waals surface area contributed by atoms with Gasteiger partial charge in [-0.15, -0.1) is 0 Å². The number of ketones is 1. The molecule has 1 saturated heterocycles. The molecule has 8 heteroatoms. The van der Waals surface area contributed by atoms with Crippen LogP contribution in [-0.4, -0.2) is 35.2 Å². The van der Waals surface area contributed by atoms with Crippen molar-refractivity contribution in [2.75, 3.05) is 11.5 Å². The van der Waals surface area contributed by atoms with E-state index in [0.717, 1.165) is 31.2 Å². The molecule has 206 valence electrons. The fourth-order valence-electron chi connectivity index (χ4n) is 5.78. The number of nitrogens with zero attached hydrogens (tertiary/aromatic N) is 2. The number of Topliss-reactive ketones (excluding diaryl/α,β-unsaturated/α-hetero) is 1. The fraction of sp³-hybridized carbons (Fsp3) is 0.242. The lowest BCUT2D eigenvalue weighted by Crippen LogP contribution is -2.30. The average molecular weight is 567 g/mol. The first-order valence-corrected chi connectivity index (χ1v) is 14.0. The van der Waals surface area contributed by atoms with Crippen LogP contribution in [0.2, 0.25) is 5.02 Å². The molecule has 0 N–H and O–H groups in total. The maximum absolute atomic E-state index is 13.3. The van der Waals surface area contributed by atoms with Gasteiger partial charge in [-0.1, -0.05) is 48.2 Å². The number of fused-ring (bicyclic) bond motifs is 2. The predicted octanol–water partition coefficient (Wildman–Crippen LogP) is 6.58. The molecule has 2 heterocycles. The monoisotopic (exact) mass is 566 g/mol. The number of carbonyl (C=O) groups is 4. The zero-order valence-electron chi connectivity index (χ0n) is 22.4. The smallest absolute Gasteiger partial charge is 0.339 e. The van der Waals surface area contributed by atoms with Crippen LogP contribution in [0.15, 0.2) is 72.8 Å². The summed E-state index contributed by atoms with van der Waals surface area (Å²) in [5.74, 6) is -1.66. The number of imide groups is 1. The van der Waals surface area contributed by atoms with E-state index in [1.54, 1.807) is 54.6 Å². The maximum atomic E-state index is 13.3. The minimum absolute atomic E-state index is 0.121. The van der Waals surface area contributed by atoms with E-state index in [2.05, 4.69) is 0 Å². The van der Waals surface area contributed by atoms with Crippen molar-refractivity contribution < 1.29 is 23.9 Å². The third kappa shape index (κ3) is 5.13. The van der Waals surface area contributed by atoms with E-state index < -0.39 is 12.6 Å². The highest BCUT2D eigenvalue weighted by Gasteiger charge is 2.48. The summed E-state index contributed by atoms with van der Waals surface area (Å²) in [6, 6.07) is 20.7. The molecule has 4 aromatic rings. The molecule has 41 heavy (non-hydrogen) atoms. The maximum Gasteiger partial charge on any atom is 0.339 e. The molecule has 1 saturated carbocycles. The van der Waals surface area contributed by atoms with E-state index in [1.807, 2.05) is 25.1 Å². The van der Waals surface area contributed by atoms with Crippen molar-refractivity contribution in [3.05, 3.63) is 94.5 Å². The summed E-state index contributed by atoms with van der Waals surface area (Å²) in [5.41, 5.74) is 4.00. The molecule has 2 amide bonds. The van der Waals surface area contributed by atoms with Crippen molar-refractivity contribution in [1.29, 1.82) is 0 Å². The standard InChI is InChI=1S/C33H27ClN2O5/c1-19-6-15-28-26(16-19)27(33(40)41-18-30(37)21-7-11-22(34)12-8-21)17-29(35-28)20-9-13-23(14-10-20)36-31(38)24-4-2-3-5-25(24)32(36)39/h6-17,24-25H,2-5,18H2,1H3/t24-,25-/m0/s1. The van der Waals surface area contributed by atoms with Gasteiger partial charge in [0.15, 0.2) is 12.4 Å². The van der Waals surface area contributed by atoms with E-state index in [-0.39, 0.29) is 35.0 Å². The number of aryl methyl sites for hydroxylation is 1. The van der Waals surface area contributed by atoms with Gasteiger partial charge < -0.3 is 4.74 Å². The lowest BCUT2D eigenvalue weighted by atomic mass is 9.81. The molecule has 2 atom stereocenters. The highest BCUT2D eigenvalue weighted by Crippen LogP contribution is 2.40. The summed E-state index contributed by atoms with van der Waals surface area (Å²) in [6.07, 6.45) is 3.46. The normalized spacial score (nSPS) is 18.4. The van der Waals surface area contributed by atoms with Gasteiger partial charge in [-0.2, -0.15) is 0 Å². The highest BCUT2D eigenvalue weighted by atomic mass is 35.5. The minimum atomic E-state index is -0.640. The van der Waals surface area contributed by atoms with Crippen LogP contribution in [-0.2, 0) is 14.3 Å². The summed E-state index contributed by atoms with van der Waals surface area (Å²) < 4.78 is 5.44. The van der Waals surface area contributed by atoms with Crippen molar-refractivity contribution in [2.24, 2.45) is 11.8 Å². The van der Waals surface area contributed by atoms with E-state index in [4.69, 9.17) is 21.3 Å². The molecule has 3 aromatic carbocycles. The average Bonchev–Trinajstić information content (AvgIpc) is 3.25. The zero-order valence-corrected chi connectivity index (χ0v) is 23.2. The van der Waals surface area contributed by atoms with E-state index >= 15 is 0 Å². The van der Waals surface area contributed by atoms with Crippen molar-refractivity contribution in [2.45, 2.75) is 32.6 Å². The first-order chi connectivity index (χ1) is 19.8. The van der Waals surface area contributed by atoms with Crippen LogP contribution in [0.4, 0.5) is 5.69 Å². The molecule has 0 radical (unpaired) electrons. The number of rotatable bonds is 6. The van der Waals surface area contributed by atoms with Gasteiger partial charge in [0.1, 0.15) is 0 Å². The minimum Gasteiger partial charge on any atom is -0.454 e. The second kappa shape index (κ2) is 10.9. The summed E-state index contributed by atoms with van der Waals surface area (Å²) in [6.45, 7) is 1.50. The molecular formula is C33H27ClN2O5. The van der Waals surface area contributed by atoms with Gasteiger partial charge in [-0.05, 0) is 74.4 Å². The number of esters is 1. The number of benzene rings is 3. The largest absolute Gasteiger partial charge is 0.454 e. The van der Waals surface area contributed by atoms with Crippen molar-refractivity contribution >= 4 is 51.8 Å². The number of hydrogen-bond donors (Lipinski definition) is 0. The molecule has 0 bridgehead atoms. The Morgan fingerprint density at radius 3 is 2.22 bits per heavy atom. The summed E-state index contributed by atoms with van der Waals surface area (Å²) in [4.78, 5) is 58.0. The van der Waals surface area contributed by atoms with Gasteiger partial charge in [0, 0.05) is 21.5 Å².